The first-order valence-corrected chi connectivity index (χ1v) is 10.4. The van der Waals surface area contributed by atoms with E-state index < -0.39 is 0 Å². The Balaban J connectivity index is 2.22. The molecule has 0 radical (unpaired) electrons. The molecule has 4 unspecified atom stereocenters. The molecule has 1 saturated carbocycles. The van der Waals surface area contributed by atoms with E-state index in [2.05, 4.69) is 52.0 Å². The largest absolute Gasteiger partial charge is 0.393 e. The van der Waals surface area contributed by atoms with Crippen molar-refractivity contribution in [1.82, 2.24) is 0 Å². The Hall–Kier alpha value is -0.560. The summed E-state index contributed by atoms with van der Waals surface area (Å²) < 4.78 is 0. The Kier molecular flexibility index (Phi) is 10.7. The second-order valence-corrected chi connectivity index (χ2v) is 8.52. The average molecular weight is 335 g/mol. The summed E-state index contributed by atoms with van der Waals surface area (Å²) in [5, 5.41) is 9.43. The molecule has 1 aliphatic carbocycles. The minimum Gasteiger partial charge on any atom is -0.393 e. The fourth-order valence-electron chi connectivity index (χ4n) is 3.84. The summed E-state index contributed by atoms with van der Waals surface area (Å²) in [7, 11) is 0. The van der Waals surface area contributed by atoms with E-state index in [0.717, 1.165) is 36.5 Å². The third kappa shape index (κ3) is 9.06. The number of allylic oxidation sites excluding steroid dienone is 4. The summed E-state index contributed by atoms with van der Waals surface area (Å²) in [6.45, 7) is 11.1. The average Bonchev–Trinajstić information content (AvgIpc) is 2.57. The van der Waals surface area contributed by atoms with Gasteiger partial charge in [-0.15, -0.1) is 0 Å². The van der Waals surface area contributed by atoms with Crippen LogP contribution in [0.3, 0.4) is 0 Å². The lowest BCUT2D eigenvalue weighted by Crippen LogP contribution is -2.12. The van der Waals surface area contributed by atoms with Crippen LogP contribution in [0.2, 0.25) is 0 Å². The van der Waals surface area contributed by atoms with Crippen LogP contribution in [0.15, 0.2) is 24.3 Å². The van der Waals surface area contributed by atoms with Gasteiger partial charge in [0.15, 0.2) is 0 Å². The molecule has 140 valence electrons. The zero-order valence-corrected chi connectivity index (χ0v) is 16.9. The zero-order valence-electron chi connectivity index (χ0n) is 16.9. The Morgan fingerprint density at radius 1 is 0.792 bits per heavy atom. The summed E-state index contributed by atoms with van der Waals surface area (Å²) in [5.74, 6) is 3.83. The highest BCUT2D eigenvalue weighted by molar-refractivity contribution is 4.96. The standard InChI is InChI=1S/C23H42O/c1-6-7-22-14-16-23(17-15-22)13-9-18(2)8-10-19(3)20(4)11-12-21(5)24/h6-7,9,13,18-24H,8,10-12,14-17H2,1-5H3/b7-6+,13-9+. The molecule has 0 spiro atoms. The third-order valence-corrected chi connectivity index (χ3v) is 6.08. The maximum Gasteiger partial charge on any atom is 0.0512 e. The summed E-state index contributed by atoms with van der Waals surface area (Å²) in [6, 6.07) is 0. The van der Waals surface area contributed by atoms with Crippen molar-refractivity contribution in [2.75, 3.05) is 0 Å². The van der Waals surface area contributed by atoms with Gasteiger partial charge in [-0.2, -0.15) is 0 Å². The van der Waals surface area contributed by atoms with Crippen LogP contribution in [-0.2, 0) is 0 Å². The van der Waals surface area contributed by atoms with E-state index in [0.29, 0.717) is 5.92 Å². The topological polar surface area (TPSA) is 20.2 Å². The molecule has 1 N–H and O–H groups in total. The highest BCUT2D eigenvalue weighted by Crippen LogP contribution is 2.31. The summed E-state index contributed by atoms with van der Waals surface area (Å²) in [5.41, 5.74) is 0. The Bertz CT molecular complexity index is 360. The molecule has 0 heterocycles. The molecule has 1 aliphatic rings. The Labute approximate surface area is 151 Å². The number of aliphatic hydroxyl groups is 1. The van der Waals surface area contributed by atoms with Gasteiger partial charge in [0.25, 0.3) is 0 Å². The molecule has 0 aromatic heterocycles. The minimum atomic E-state index is -0.149. The van der Waals surface area contributed by atoms with Crippen molar-refractivity contribution in [3.63, 3.8) is 0 Å². The smallest absolute Gasteiger partial charge is 0.0512 e. The van der Waals surface area contributed by atoms with Crippen molar-refractivity contribution in [3.8, 4) is 0 Å². The Morgan fingerprint density at radius 3 is 1.79 bits per heavy atom. The summed E-state index contributed by atoms with van der Waals surface area (Å²) >= 11 is 0. The lowest BCUT2D eigenvalue weighted by molar-refractivity contribution is 0.166. The van der Waals surface area contributed by atoms with Crippen molar-refractivity contribution < 1.29 is 5.11 Å². The number of hydrogen-bond donors (Lipinski definition) is 1. The first-order chi connectivity index (χ1) is 11.4. The van der Waals surface area contributed by atoms with Crippen LogP contribution in [0.5, 0.6) is 0 Å². The van der Waals surface area contributed by atoms with Gasteiger partial charge in [0.2, 0.25) is 0 Å². The molecule has 1 fully saturated rings. The second-order valence-electron chi connectivity index (χ2n) is 8.52. The van der Waals surface area contributed by atoms with Crippen molar-refractivity contribution in [1.29, 1.82) is 0 Å². The molecular weight excluding hydrogens is 292 g/mol. The highest BCUT2D eigenvalue weighted by Gasteiger charge is 2.18. The van der Waals surface area contributed by atoms with Crippen LogP contribution in [0.1, 0.15) is 86.0 Å². The second kappa shape index (κ2) is 11.9. The predicted octanol–water partition coefficient (Wildman–Crippen LogP) is 6.77. The van der Waals surface area contributed by atoms with Crippen molar-refractivity contribution >= 4 is 0 Å². The van der Waals surface area contributed by atoms with Crippen LogP contribution in [0.4, 0.5) is 0 Å². The van der Waals surface area contributed by atoms with E-state index in [1.807, 2.05) is 6.92 Å². The molecule has 0 aromatic carbocycles. The molecule has 0 aromatic rings. The maximum absolute atomic E-state index is 9.43. The van der Waals surface area contributed by atoms with Gasteiger partial charge >= 0.3 is 0 Å². The number of aliphatic hydroxyl groups excluding tert-OH is 1. The van der Waals surface area contributed by atoms with Gasteiger partial charge in [-0.25, -0.2) is 0 Å². The van der Waals surface area contributed by atoms with E-state index >= 15 is 0 Å². The van der Waals surface area contributed by atoms with Gasteiger partial charge in [0.1, 0.15) is 0 Å². The van der Waals surface area contributed by atoms with Crippen LogP contribution in [0.25, 0.3) is 0 Å². The number of rotatable bonds is 10. The summed E-state index contributed by atoms with van der Waals surface area (Å²) in [4.78, 5) is 0. The van der Waals surface area contributed by atoms with E-state index in [1.165, 1.54) is 38.5 Å². The molecular formula is C23H42O. The Morgan fingerprint density at radius 2 is 1.29 bits per heavy atom. The fraction of sp³-hybridized carbons (Fsp3) is 0.826. The van der Waals surface area contributed by atoms with Crippen LogP contribution in [0, 0.1) is 29.6 Å². The SMILES string of the molecule is C/C=C/C1CCC(/C=C/C(C)CCC(C)C(C)CCC(C)O)CC1. The van der Waals surface area contributed by atoms with Gasteiger partial charge in [0, 0.05) is 0 Å². The van der Waals surface area contributed by atoms with Gasteiger partial charge in [-0.3, -0.25) is 0 Å². The van der Waals surface area contributed by atoms with Crippen LogP contribution in [-0.4, -0.2) is 11.2 Å². The maximum atomic E-state index is 9.43. The quantitative estimate of drug-likeness (QED) is 0.437. The van der Waals surface area contributed by atoms with Crippen molar-refractivity contribution in [2.45, 2.75) is 92.1 Å². The molecule has 24 heavy (non-hydrogen) atoms. The summed E-state index contributed by atoms with van der Waals surface area (Å²) in [6.07, 6.45) is 19.6. The van der Waals surface area contributed by atoms with E-state index in [-0.39, 0.29) is 6.10 Å². The lowest BCUT2D eigenvalue weighted by Gasteiger charge is -2.25. The van der Waals surface area contributed by atoms with Crippen LogP contribution >= 0.6 is 0 Å². The van der Waals surface area contributed by atoms with E-state index in [1.54, 1.807) is 0 Å². The normalized spacial score (nSPS) is 27.4. The molecule has 0 aliphatic heterocycles. The monoisotopic (exact) mass is 334 g/mol. The first kappa shape index (κ1) is 21.5. The molecule has 1 heteroatoms. The van der Waals surface area contributed by atoms with E-state index in [4.69, 9.17) is 0 Å². The first-order valence-electron chi connectivity index (χ1n) is 10.4. The zero-order chi connectivity index (χ0) is 17.9. The minimum absolute atomic E-state index is 0.149. The number of hydrogen-bond acceptors (Lipinski definition) is 1. The predicted molar refractivity (Wildman–Crippen MR) is 107 cm³/mol. The van der Waals surface area contributed by atoms with Gasteiger partial charge in [-0.05, 0) is 94.8 Å². The molecule has 0 amide bonds. The highest BCUT2D eigenvalue weighted by atomic mass is 16.3. The van der Waals surface area contributed by atoms with Crippen molar-refractivity contribution in [3.05, 3.63) is 24.3 Å². The molecule has 1 nitrogen and oxygen atoms in total. The fourth-order valence-corrected chi connectivity index (χ4v) is 3.84. The molecule has 4 atom stereocenters. The molecule has 1 rings (SSSR count). The molecule has 0 bridgehead atoms. The van der Waals surface area contributed by atoms with Crippen molar-refractivity contribution in [2.24, 2.45) is 29.6 Å². The van der Waals surface area contributed by atoms with Gasteiger partial charge in [-0.1, -0.05) is 45.1 Å². The third-order valence-electron chi connectivity index (χ3n) is 6.08. The molecule has 0 saturated heterocycles. The van der Waals surface area contributed by atoms with Gasteiger partial charge < -0.3 is 5.11 Å². The van der Waals surface area contributed by atoms with Gasteiger partial charge in [0.05, 0.1) is 6.10 Å². The lowest BCUT2D eigenvalue weighted by atomic mass is 9.81. The van der Waals surface area contributed by atoms with E-state index in [9.17, 15) is 5.11 Å². The van der Waals surface area contributed by atoms with Crippen LogP contribution < -0.4 is 0 Å².